The van der Waals surface area contributed by atoms with Crippen LogP contribution in [0.5, 0.6) is 0 Å². The van der Waals surface area contributed by atoms with Crippen molar-refractivity contribution in [2.75, 3.05) is 0 Å². The smallest absolute Gasteiger partial charge is 0.143 e. The molecule has 32 heavy (non-hydrogen) atoms. The first-order valence-electron chi connectivity index (χ1n) is 13.1. The molecule has 0 aliphatic heterocycles. The molecular weight excluding hydrogens is 396 g/mol. The molecule has 3 nitrogen and oxygen atoms in total. The summed E-state index contributed by atoms with van der Waals surface area (Å²) in [6.45, 7) is 16.2. The zero-order valence-corrected chi connectivity index (χ0v) is 22.5. The zero-order chi connectivity index (χ0) is 24.9. The lowest BCUT2D eigenvalue weighted by atomic mass is 9.75. The number of Topliss-reactive ketones (excluding diaryl/α,β-unsaturated/α-hetero) is 3. The molecule has 0 spiro atoms. The van der Waals surface area contributed by atoms with Gasteiger partial charge in [0.1, 0.15) is 17.3 Å². The number of carbonyl (C=O) groups is 3. The molecule has 0 radical (unpaired) electrons. The van der Waals surface area contributed by atoms with Crippen LogP contribution in [0.25, 0.3) is 0 Å². The second-order valence-corrected chi connectivity index (χ2v) is 9.36. The monoisotopic (exact) mass is 448 g/mol. The zero-order valence-electron chi connectivity index (χ0n) is 22.5. The van der Waals surface area contributed by atoms with E-state index in [0.717, 1.165) is 44.1 Å². The van der Waals surface area contributed by atoms with Crippen LogP contribution < -0.4 is 0 Å². The van der Waals surface area contributed by atoms with Gasteiger partial charge in [0.25, 0.3) is 0 Å². The SMILES string of the molecule is CCC.CCC.CCCC(CC1CC/C=C\C=C(\C)CC(=O)C1)C(CC)C(=O)CC(C)=O. The molecule has 0 aromatic carbocycles. The molecule has 0 N–H and O–H groups in total. The van der Waals surface area contributed by atoms with Crippen molar-refractivity contribution in [2.24, 2.45) is 17.8 Å². The van der Waals surface area contributed by atoms with Gasteiger partial charge in [-0.05, 0) is 51.4 Å². The van der Waals surface area contributed by atoms with Gasteiger partial charge in [-0.3, -0.25) is 14.4 Å². The molecule has 0 bridgehead atoms. The third-order valence-electron chi connectivity index (χ3n) is 5.39. The van der Waals surface area contributed by atoms with Crippen molar-refractivity contribution < 1.29 is 14.4 Å². The van der Waals surface area contributed by atoms with Crippen LogP contribution in [0, 0.1) is 17.8 Å². The van der Waals surface area contributed by atoms with Crippen molar-refractivity contribution in [3.05, 3.63) is 23.8 Å². The van der Waals surface area contributed by atoms with Crippen molar-refractivity contribution in [3.63, 3.8) is 0 Å². The van der Waals surface area contributed by atoms with E-state index in [1.165, 1.54) is 19.8 Å². The van der Waals surface area contributed by atoms with E-state index in [9.17, 15) is 14.4 Å². The third-order valence-corrected chi connectivity index (χ3v) is 5.39. The van der Waals surface area contributed by atoms with Crippen molar-refractivity contribution in [1.82, 2.24) is 0 Å². The number of rotatable bonds is 9. The van der Waals surface area contributed by atoms with E-state index in [4.69, 9.17) is 0 Å². The van der Waals surface area contributed by atoms with Gasteiger partial charge in [-0.15, -0.1) is 0 Å². The van der Waals surface area contributed by atoms with Crippen molar-refractivity contribution in [3.8, 4) is 0 Å². The van der Waals surface area contributed by atoms with Gasteiger partial charge in [0.05, 0.1) is 6.42 Å². The van der Waals surface area contributed by atoms with Crippen LogP contribution >= 0.6 is 0 Å². The topological polar surface area (TPSA) is 51.2 Å². The van der Waals surface area contributed by atoms with Crippen LogP contribution in [0.1, 0.15) is 126 Å². The van der Waals surface area contributed by atoms with E-state index >= 15 is 0 Å². The highest BCUT2D eigenvalue weighted by atomic mass is 16.1. The fourth-order valence-corrected chi connectivity index (χ4v) is 4.21. The fraction of sp³-hybridized carbons (Fsp3) is 0.759. The van der Waals surface area contributed by atoms with E-state index in [1.54, 1.807) is 0 Å². The summed E-state index contributed by atoms with van der Waals surface area (Å²) >= 11 is 0. The molecule has 0 heterocycles. The normalized spacial score (nSPS) is 20.8. The Morgan fingerprint density at radius 1 is 1.06 bits per heavy atom. The molecule has 0 fully saturated rings. The molecule has 0 aromatic rings. The molecule has 0 aromatic heterocycles. The molecular formula is C29H52O3. The molecule has 0 amide bonds. The van der Waals surface area contributed by atoms with Crippen LogP contribution in [-0.2, 0) is 14.4 Å². The summed E-state index contributed by atoms with van der Waals surface area (Å²) in [6.07, 6.45) is 15.6. The number of ketones is 3. The van der Waals surface area contributed by atoms with E-state index in [0.29, 0.717) is 24.5 Å². The summed E-state index contributed by atoms with van der Waals surface area (Å²) < 4.78 is 0. The van der Waals surface area contributed by atoms with Crippen LogP contribution in [-0.4, -0.2) is 17.3 Å². The number of hydrogen-bond acceptors (Lipinski definition) is 3. The van der Waals surface area contributed by atoms with Crippen LogP contribution in [0.3, 0.4) is 0 Å². The van der Waals surface area contributed by atoms with Crippen LogP contribution in [0.15, 0.2) is 23.8 Å². The van der Waals surface area contributed by atoms with Gasteiger partial charge >= 0.3 is 0 Å². The molecule has 0 saturated carbocycles. The summed E-state index contributed by atoms with van der Waals surface area (Å²) in [7, 11) is 0. The number of hydrogen-bond donors (Lipinski definition) is 0. The first-order valence-corrected chi connectivity index (χ1v) is 13.1. The quantitative estimate of drug-likeness (QED) is 0.332. The minimum atomic E-state index is -0.0541. The Kier molecular flexibility index (Phi) is 21.8. The van der Waals surface area contributed by atoms with Gasteiger partial charge < -0.3 is 0 Å². The molecule has 1 aliphatic carbocycles. The minimum absolute atomic E-state index is 0.0506. The van der Waals surface area contributed by atoms with E-state index in [-0.39, 0.29) is 29.8 Å². The van der Waals surface area contributed by atoms with Gasteiger partial charge in [-0.25, -0.2) is 0 Å². The average Bonchev–Trinajstić information content (AvgIpc) is 2.68. The highest BCUT2D eigenvalue weighted by Gasteiger charge is 2.29. The highest BCUT2D eigenvalue weighted by molar-refractivity contribution is 5.99. The second-order valence-electron chi connectivity index (χ2n) is 9.36. The Labute approximate surface area is 199 Å². The molecule has 186 valence electrons. The van der Waals surface area contributed by atoms with Gasteiger partial charge in [0, 0.05) is 18.8 Å². The predicted molar refractivity (Wildman–Crippen MR) is 139 cm³/mol. The van der Waals surface area contributed by atoms with E-state index in [2.05, 4.69) is 46.8 Å². The Morgan fingerprint density at radius 3 is 2.16 bits per heavy atom. The fourth-order valence-electron chi connectivity index (χ4n) is 4.21. The number of allylic oxidation sites excluding steroid dienone is 4. The lowest BCUT2D eigenvalue weighted by molar-refractivity contribution is -0.129. The standard InChI is InChI=1S/C23H36O3.2C3H8/c1-5-10-20(22(6-2)23(26)14-18(4)24)15-19-12-9-7-8-11-17(3)13-21(25)16-19;2*1-3-2/h7-8,11,19-20,22H,5-6,9-10,12-16H2,1-4H3;2*3H2,1-2H3/b8-7-,17-11-;;. The third kappa shape index (κ3) is 17.1. The van der Waals surface area contributed by atoms with Gasteiger partial charge in [0.2, 0.25) is 0 Å². The van der Waals surface area contributed by atoms with E-state index < -0.39 is 0 Å². The second kappa shape index (κ2) is 21.3. The average molecular weight is 449 g/mol. The first-order chi connectivity index (χ1) is 15.2. The van der Waals surface area contributed by atoms with E-state index in [1.807, 2.05) is 19.9 Å². The molecule has 1 rings (SSSR count). The first kappa shape index (κ1) is 32.7. The Bertz CT molecular complexity index is 569. The van der Waals surface area contributed by atoms with Crippen molar-refractivity contribution in [1.29, 1.82) is 0 Å². The summed E-state index contributed by atoms with van der Waals surface area (Å²) in [5.74, 6) is 0.888. The van der Waals surface area contributed by atoms with Gasteiger partial charge in [-0.1, -0.05) is 91.0 Å². The largest absolute Gasteiger partial charge is 0.300 e. The highest BCUT2D eigenvalue weighted by Crippen LogP contribution is 2.33. The molecule has 3 atom stereocenters. The van der Waals surface area contributed by atoms with Gasteiger partial charge in [0.15, 0.2) is 0 Å². The van der Waals surface area contributed by atoms with Crippen molar-refractivity contribution in [2.45, 2.75) is 126 Å². The summed E-state index contributed by atoms with van der Waals surface area (Å²) in [6, 6.07) is 0. The lowest BCUT2D eigenvalue weighted by Crippen LogP contribution is -2.27. The predicted octanol–water partition coefficient (Wildman–Crippen LogP) is 8.46. The number of carbonyl (C=O) groups excluding carboxylic acids is 3. The van der Waals surface area contributed by atoms with Gasteiger partial charge in [-0.2, -0.15) is 0 Å². The maximum Gasteiger partial charge on any atom is 0.143 e. The van der Waals surface area contributed by atoms with Crippen LogP contribution in [0.4, 0.5) is 0 Å². The van der Waals surface area contributed by atoms with Crippen LogP contribution in [0.2, 0.25) is 0 Å². The van der Waals surface area contributed by atoms with Crippen molar-refractivity contribution >= 4 is 17.3 Å². The molecule has 3 heteroatoms. The molecule has 3 unspecified atom stereocenters. The summed E-state index contributed by atoms with van der Waals surface area (Å²) in [5.41, 5.74) is 1.11. The maximum atomic E-state index is 12.6. The lowest BCUT2D eigenvalue weighted by Gasteiger charge is -2.29. The Hall–Kier alpha value is -1.51. The molecule has 0 saturated heterocycles. The molecule has 1 aliphatic rings. The minimum Gasteiger partial charge on any atom is -0.300 e. The maximum absolute atomic E-state index is 12.6. The Balaban J connectivity index is 0. The Morgan fingerprint density at radius 2 is 1.66 bits per heavy atom. The summed E-state index contributed by atoms with van der Waals surface area (Å²) in [5, 5.41) is 0. The summed E-state index contributed by atoms with van der Waals surface area (Å²) in [4.78, 5) is 36.4.